The first-order valence-electron chi connectivity index (χ1n) is 12.2. The molecule has 1 amide bonds. The molecule has 2 aliphatic rings. The molecule has 0 atom stereocenters. The number of hydrogen-bond acceptors (Lipinski definition) is 4. The van der Waals surface area contributed by atoms with Gasteiger partial charge in [0.15, 0.2) is 0 Å². The van der Waals surface area contributed by atoms with Crippen LogP contribution in [0.3, 0.4) is 0 Å². The van der Waals surface area contributed by atoms with Crippen LogP contribution in [0.25, 0.3) is 0 Å². The largest absolute Gasteiger partial charge is 0.348 e. The number of hydrogen-bond donors (Lipinski definition) is 1. The van der Waals surface area contributed by atoms with E-state index < -0.39 is 10.0 Å². The molecule has 4 rings (SSSR count). The van der Waals surface area contributed by atoms with Crippen molar-refractivity contribution < 1.29 is 13.2 Å². The molecule has 6 nitrogen and oxygen atoms in total. The molecule has 178 valence electrons. The van der Waals surface area contributed by atoms with E-state index in [1.54, 1.807) is 22.5 Å². The van der Waals surface area contributed by atoms with Crippen LogP contribution in [0.15, 0.2) is 53.4 Å². The lowest BCUT2D eigenvalue weighted by molar-refractivity contribution is 0.0950. The standard InChI is InChI=1S/C26H35N3O3S/c30-26(27-20-23-11-4-5-12-24(23)21-28-15-6-3-7-16-28)22-13-10-14-25(19-22)33(31,32)29-17-8-1-2-9-18-29/h4-5,10-14,19H,1-3,6-9,15-18,20-21H2,(H,27,30). The molecule has 0 spiro atoms. The zero-order valence-corrected chi connectivity index (χ0v) is 20.2. The molecule has 2 fully saturated rings. The smallest absolute Gasteiger partial charge is 0.251 e. The number of rotatable bonds is 7. The summed E-state index contributed by atoms with van der Waals surface area (Å²) in [4.78, 5) is 15.6. The Morgan fingerprint density at radius 2 is 1.42 bits per heavy atom. The summed E-state index contributed by atoms with van der Waals surface area (Å²) >= 11 is 0. The summed E-state index contributed by atoms with van der Waals surface area (Å²) in [6, 6.07) is 14.7. The molecular weight excluding hydrogens is 434 g/mol. The van der Waals surface area contributed by atoms with Crippen LogP contribution in [-0.4, -0.2) is 49.7 Å². The Balaban J connectivity index is 1.42. The predicted octanol–water partition coefficient (Wildman–Crippen LogP) is 4.17. The first-order valence-corrected chi connectivity index (χ1v) is 13.7. The summed E-state index contributed by atoms with van der Waals surface area (Å²) in [5.41, 5.74) is 2.71. The van der Waals surface area contributed by atoms with Crippen molar-refractivity contribution in [2.24, 2.45) is 0 Å². The molecule has 1 N–H and O–H groups in total. The highest BCUT2D eigenvalue weighted by Crippen LogP contribution is 2.21. The maximum Gasteiger partial charge on any atom is 0.251 e. The van der Waals surface area contributed by atoms with Crippen LogP contribution < -0.4 is 5.32 Å². The molecule has 0 aromatic heterocycles. The number of piperidine rings is 1. The van der Waals surface area contributed by atoms with Crippen LogP contribution in [-0.2, 0) is 23.1 Å². The molecule has 0 unspecified atom stereocenters. The van der Waals surface area contributed by atoms with Crippen molar-refractivity contribution >= 4 is 15.9 Å². The number of carbonyl (C=O) groups excluding carboxylic acids is 1. The van der Waals surface area contributed by atoms with Crippen molar-refractivity contribution in [3.63, 3.8) is 0 Å². The van der Waals surface area contributed by atoms with Gasteiger partial charge in [-0.15, -0.1) is 0 Å². The first kappa shape index (κ1) is 23.9. The van der Waals surface area contributed by atoms with Gasteiger partial charge < -0.3 is 5.32 Å². The molecule has 0 aliphatic carbocycles. The Kier molecular flexibility index (Phi) is 8.17. The summed E-state index contributed by atoms with van der Waals surface area (Å²) in [6.07, 6.45) is 7.69. The van der Waals surface area contributed by atoms with Crippen LogP contribution in [0.2, 0.25) is 0 Å². The summed E-state index contributed by atoms with van der Waals surface area (Å²) in [5.74, 6) is -0.254. The van der Waals surface area contributed by atoms with Gasteiger partial charge in [-0.25, -0.2) is 8.42 Å². The average Bonchev–Trinajstić information content (AvgIpc) is 3.14. The first-order chi connectivity index (χ1) is 16.0. The highest BCUT2D eigenvalue weighted by atomic mass is 32.2. The Morgan fingerprint density at radius 3 is 2.15 bits per heavy atom. The predicted molar refractivity (Wildman–Crippen MR) is 130 cm³/mol. The van der Waals surface area contributed by atoms with E-state index in [0.717, 1.165) is 50.9 Å². The van der Waals surface area contributed by atoms with Crippen molar-refractivity contribution in [3.8, 4) is 0 Å². The van der Waals surface area contributed by atoms with Gasteiger partial charge in [-0.3, -0.25) is 9.69 Å². The molecule has 33 heavy (non-hydrogen) atoms. The quantitative estimate of drug-likeness (QED) is 0.661. The summed E-state index contributed by atoms with van der Waals surface area (Å²) in [6.45, 7) is 4.67. The molecular formula is C26H35N3O3S. The number of nitrogens with zero attached hydrogens (tertiary/aromatic N) is 2. The second kappa shape index (κ2) is 11.3. The average molecular weight is 470 g/mol. The van der Waals surface area contributed by atoms with Gasteiger partial charge in [-0.05, 0) is 68.1 Å². The molecule has 2 heterocycles. The lowest BCUT2D eigenvalue weighted by atomic mass is 10.0. The van der Waals surface area contributed by atoms with Crippen molar-refractivity contribution in [3.05, 3.63) is 65.2 Å². The third kappa shape index (κ3) is 6.22. The molecule has 0 radical (unpaired) electrons. The van der Waals surface area contributed by atoms with Crippen molar-refractivity contribution in [2.45, 2.75) is 62.9 Å². The third-order valence-electron chi connectivity index (χ3n) is 6.70. The normalized spacial score (nSPS) is 18.5. The van der Waals surface area contributed by atoms with E-state index in [4.69, 9.17) is 0 Å². The second-order valence-electron chi connectivity index (χ2n) is 9.13. The van der Waals surface area contributed by atoms with E-state index in [0.29, 0.717) is 25.2 Å². The number of benzene rings is 2. The number of amides is 1. The van der Waals surface area contributed by atoms with Crippen molar-refractivity contribution in [1.82, 2.24) is 14.5 Å². The second-order valence-corrected chi connectivity index (χ2v) is 11.1. The van der Waals surface area contributed by atoms with Crippen molar-refractivity contribution in [2.75, 3.05) is 26.2 Å². The molecule has 7 heteroatoms. The topological polar surface area (TPSA) is 69.7 Å². The number of sulfonamides is 1. The maximum absolute atomic E-state index is 13.1. The minimum Gasteiger partial charge on any atom is -0.348 e. The molecule has 2 aromatic carbocycles. The fourth-order valence-electron chi connectivity index (χ4n) is 4.75. The van der Waals surface area contributed by atoms with Crippen LogP contribution in [0, 0.1) is 0 Å². The molecule has 2 saturated heterocycles. The minimum atomic E-state index is -3.58. The highest BCUT2D eigenvalue weighted by Gasteiger charge is 2.25. The Hall–Kier alpha value is -2.22. The lowest BCUT2D eigenvalue weighted by Crippen LogP contribution is -2.32. The van der Waals surface area contributed by atoms with Gasteiger partial charge in [0, 0.05) is 31.7 Å². The van der Waals surface area contributed by atoms with Crippen LogP contribution in [0.4, 0.5) is 0 Å². The number of likely N-dealkylation sites (tertiary alicyclic amines) is 1. The van der Waals surface area contributed by atoms with E-state index in [-0.39, 0.29) is 10.8 Å². The van der Waals surface area contributed by atoms with Gasteiger partial charge in [0.05, 0.1) is 4.90 Å². The Morgan fingerprint density at radius 1 is 0.788 bits per heavy atom. The van der Waals surface area contributed by atoms with Gasteiger partial charge in [0.2, 0.25) is 10.0 Å². The van der Waals surface area contributed by atoms with Gasteiger partial charge in [0.25, 0.3) is 5.91 Å². The summed E-state index contributed by atoms with van der Waals surface area (Å²) in [5, 5.41) is 3.00. The molecule has 2 aliphatic heterocycles. The Labute approximate surface area is 198 Å². The molecule has 0 bridgehead atoms. The van der Waals surface area contributed by atoms with E-state index >= 15 is 0 Å². The zero-order chi connectivity index (χ0) is 23.1. The van der Waals surface area contributed by atoms with E-state index in [1.165, 1.54) is 30.9 Å². The minimum absolute atomic E-state index is 0.197. The van der Waals surface area contributed by atoms with Crippen molar-refractivity contribution in [1.29, 1.82) is 0 Å². The van der Waals surface area contributed by atoms with Crippen LogP contribution in [0.1, 0.15) is 66.4 Å². The van der Waals surface area contributed by atoms with Gasteiger partial charge in [-0.2, -0.15) is 4.31 Å². The summed E-state index contributed by atoms with van der Waals surface area (Å²) in [7, 11) is -3.58. The fourth-order valence-corrected chi connectivity index (χ4v) is 6.31. The fraction of sp³-hybridized carbons (Fsp3) is 0.500. The molecule has 0 saturated carbocycles. The molecule has 2 aromatic rings. The number of nitrogens with one attached hydrogen (secondary N) is 1. The van der Waals surface area contributed by atoms with Crippen LogP contribution >= 0.6 is 0 Å². The number of carbonyl (C=O) groups is 1. The maximum atomic E-state index is 13.1. The van der Waals surface area contributed by atoms with Gasteiger partial charge in [-0.1, -0.05) is 49.6 Å². The Bertz CT molecular complexity index is 1040. The van der Waals surface area contributed by atoms with Gasteiger partial charge in [0.1, 0.15) is 0 Å². The van der Waals surface area contributed by atoms with E-state index in [1.807, 2.05) is 12.1 Å². The highest BCUT2D eigenvalue weighted by molar-refractivity contribution is 7.89. The monoisotopic (exact) mass is 469 g/mol. The van der Waals surface area contributed by atoms with Gasteiger partial charge >= 0.3 is 0 Å². The van der Waals surface area contributed by atoms with E-state index in [2.05, 4.69) is 22.3 Å². The third-order valence-corrected chi connectivity index (χ3v) is 8.59. The van der Waals surface area contributed by atoms with Crippen LogP contribution in [0.5, 0.6) is 0 Å². The lowest BCUT2D eigenvalue weighted by Gasteiger charge is -2.27. The zero-order valence-electron chi connectivity index (χ0n) is 19.3. The van der Waals surface area contributed by atoms with E-state index in [9.17, 15) is 13.2 Å². The summed E-state index contributed by atoms with van der Waals surface area (Å²) < 4.78 is 27.8. The SMILES string of the molecule is O=C(NCc1ccccc1CN1CCCCC1)c1cccc(S(=O)(=O)N2CCCCCC2)c1.